The SMILES string of the molecule is CC#CC(CC(=O)O)c1ccc(OCc2cccc(CN3CCc4[nH]ncc4C3)c2)cc1. The van der Waals surface area contributed by atoms with Gasteiger partial charge in [0.05, 0.1) is 18.5 Å². The van der Waals surface area contributed by atoms with Crippen LogP contribution in [-0.4, -0.2) is 32.7 Å². The highest BCUT2D eigenvalue weighted by atomic mass is 16.5. The fourth-order valence-corrected chi connectivity index (χ4v) is 4.06. The number of nitrogens with zero attached hydrogens (tertiary/aromatic N) is 2. The first-order chi connectivity index (χ1) is 15.6. The number of hydrogen-bond acceptors (Lipinski definition) is 4. The van der Waals surface area contributed by atoms with E-state index in [0.29, 0.717) is 6.61 Å². The Morgan fingerprint density at radius 3 is 2.84 bits per heavy atom. The van der Waals surface area contributed by atoms with E-state index in [-0.39, 0.29) is 12.3 Å². The van der Waals surface area contributed by atoms with Crippen molar-refractivity contribution in [3.63, 3.8) is 0 Å². The van der Waals surface area contributed by atoms with Crippen LogP contribution >= 0.6 is 0 Å². The van der Waals surface area contributed by atoms with Gasteiger partial charge in [0.1, 0.15) is 12.4 Å². The summed E-state index contributed by atoms with van der Waals surface area (Å²) in [6, 6.07) is 16.0. The third kappa shape index (κ3) is 5.57. The standard InChI is InChI=1S/C26H27N3O3/c1-2-4-22(14-26(30)31)21-7-9-24(10-8-21)32-18-20-6-3-5-19(13-20)16-29-12-11-25-23(17-29)15-27-28-25/h3,5-10,13,15,22H,11-12,14,16-18H2,1H3,(H,27,28)(H,30,31). The number of benzene rings is 2. The summed E-state index contributed by atoms with van der Waals surface area (Å²) in [6.45, 7) is 5.04. The number of carboxylic acid groups (broad SMARTS) is 1. The van der Waals surface area contributed by atoms with Crippen LogP contribution in [-0.2, 0) is 30.9 Å². The summed E-state index contributed by atoms with van der Waals surface area (Å²) in [6.07, 6.45) is 2.92. The van der Waals surface area contributed by atoms with Gasteiger partial charge in [0.2, 0.25) is 0 Å². The highest BCUT2D eigenvalue weighted by molar-refractivity contribution is 5.69. The van der Waals surface area contributed by atoms with Gasteiger partial charge in [0.25, 0.3) is 0 Å². The Bertz CT molecular complexity index is 1120. The van der Waals surface area contributed by atoms with Crippen molar-refractivity contribution in [2.75, 3.05) is 6.54 Å². The van der Waals surface area contributed by atoms with Gasteiger partial charge < -0.3 is 9.84 Å². The molecule has 1 atom stereocenters. The van der Waals surface area contributed by atoms with E-state index < -0.39 is 5.97 Å². The van der Waals surface area contributed by atoms with Crippen LogP contribution in [0.1, 0.15) is 47.2 Å². The maximum Gasteiger partial charge on any atom is 0.304 e. The third-order valence-electron chi connectivity index (χ3n) is 5.66. The predicted molar refractivity (Wildman–Crippen MR) is 122 cm³/mol. The fourth-order valence-electron chi connectivity index (χ4n) is 4.06. The molecule has 4 rings (SSSR count). The van der Waals surface area contributed by atoms with Crippen molar-refractivity contribution < 1.29 is 14.6 Å². The minimum Gasteiger partial charge on any atom is -0.489 e. The monoisotopic (exact) mass is 429 g/mol. The molecular weight excluding hydrogens is 402 g/mol. The molecule has 0 saturated heterocycles. The van der Waals surface area contributed by atoms with Gasteiger partial charge in [-0.1, -0.05) is 42.3 Å². The number of carbonyl (C=O) groups is 1. The molecule has 2 heterocycles. The number of rotatable bonds is 8. The molecule has 6 nitrogen and oxygen atoms in total. The quantitative estimate of drug-likeness (QED) is 0.527. The van der Waals surface area contributed by atoms with Crippen molar-refractivity contribution in [1.29, 1.82) is 0 Å². The van der Waals surface area contributed by atoms with Gasteiger partial charge in [-0.2, -0.15) is 5.10 Å². The van der Waals surface area contributed by atoms with E-state index in [9.17, 15) is 4.79 Å². The van der Waals surface area contributed by atoms with E-state index >= 15 is 0 Å². The predicted octanol–water partition coefficient (Wildman–Crippen LogP) is 4.13. The third-order valence-corrected chi connectivity index (χ3v) is 5.66. The molecule has 1 aromatic heterocycles. The van der Waals surface area contributed by atoms with Crippen LogP contribution < -0.4 is 4.74 Å². The number of aromatic nitrogens is 2. The molecule has 0 aliphatic carbocycles. The zero-order chi connectivity index (χ0) is 22.3. The zero-order valence-corrected chi connectivity index (χ0v) is 18.2. The van der Waals surface area contributed by atoms with E-state index in [1.165, 1.54) is 16.8 Å². The van der Waals surface area contributed by atoms with Gasteiger partial charge in [0.15, 0.2) is 0 Å². The summed E-state index contributed by atoms with van der Waals surface area (Å²) in [5.74, 6) is 5.38. The van der Waals surface area contributed by atoms with E-state index in [0.717, 1.165) is 42.9 Å². The molecule has 2 aromatic carbocycles. The zero-order valence-electron chi connectivity index (χ0n) is 18.2. The first kappa shape index (κ1) is 21.7. The number of aromatic amines is 1. The van der Waals surface area contributed by atoms with Gasteiger partial charge in [-0.3, -0.25) is 14.8 Å². The molecule has 3 aromatic rings. The molecule has 1 aliphatic heterocycles. The van der Waals surface area contributed by atoms with Gasteiger partial charge in [-0.25, -0.2) is 0 Å². The Morgan fingerprint density at radius 2 is 2.06 bits per heavy atom. The Labute approximate surface area is 188 Å². The maximum absolute atomic E-state index is 11.1. The molecule has 0 radical (unpaired) electrons. The van der Waals surface area contributed by atoms with Crippen LogP contribution in [0.2, 0.25) is 0 Å². The minimum atomic E-state index is -0.854. The second kappa shape index (κ2) is 10.2. The summed E-state index contributed by atoms with van der Waals surface area (Å²) < 4.78 is 5.97. The van der Waals surface area contributed by atoms with Crippen LogP contribution in [0, 0.1) is 11.8 Å². The Balaban J connectivity index is 1.34. The lowest BCUT2D eigenvalue weighted by atomic mass is 9.96. The fraction of sp³-hybridized carbons (Fsp3) is 0.308. The van der Waals surface area contributed by atoms with E-state index in [4.69, 9.17) is 9.84 Å². The molecule has 2 N–H and O–H groups in total. The molecule has 6 heteroatoms. The van der Waals surface area contributed by atoms with Crippen LogP contribution in [0.4, 0.5) is 0 Å². The highest BCUT2D eigenvalue weighted by Crippen LogP contribution is 2.23. The summed E-state index contributed by atoms with van der Waals surface area (Å²) in [5, 5.41) is 16.3. The Kier molecular flexibility index (Phi) is 6.88. The van der Waals surface area contributed by atoms with Crippen LogP contribution in [0.15, 0.2) is 54.7 Å². The normalized spacial score (nSPS) is 14.2. The summed E-state index contributed by atoms with van der Waals surface area (Å²) in [5.41, 5.74) is 5.81. The topological polar surface area (TPSA) is 78.5 Å². The van der Waals surface area contributed by atoms with Crippen LogP contribution in [0.3, 0.4) is 0 Å². The molecule has 0 saturated carbocycles. The van der Waals surface area contributed by atoms with E-state index in [2.05, 4.69) is 51.2 Å². The van der Waals surface area contributed by atoms with Crippen molar-refractivity contribution in [2.45, 2.75) is 45.4 Å². The Hall–Kier alpha value is -3.56. The largest absolute Gasteiger partial charge is 0.489 e. The number of aliphatic carboxylic acids is 1. The number of nitrogens with one attached hydrogen (secondary N) is 1. The number of H-pyrrole nitrogens is 1. The molecule has 1 aliphatic rings. The van der Waals surface area contributed by atoms with Crippen molar-refractivity contribution in [2.24, 2.45) is 0 Å². The summed E-state index contributed by atoms with van der Waals surface area (Å²) >= 11 is 0. The first-order valence-corrected chi connectivity index (χ1v) is 10.8. The lowest BCUT2D eigenvalue weighted by Crippen LogP contribution is -2.29. The highest BCUT2D eigenvalue weighted by Gasteiger charge is 2.18. The summed E-state index contributed by atoms with van der Waals surface area (Å²) in [4.78, 5) is 13.5. The number of ether oxygens (including phenoxy) is 1. The van der Waals surface area contributed by atoms with Crippen molar-refractivity contribution >= 4 is 5.97 Å². The summed E-state index contributed by atoms with van der Waals surface area (Å²) in [7, 11) is 0. The molecule has 0 amide bonds. The average molecular weight is 430 g/mol. The van der Waals surface area contributed by atoms with E-state index in [1.807, 2.05) is 30.5 Å². The maximum atomic E-state index is 11.1. The Morgan fingerprint density at radius 1 is 1.25 bits per heavy atom. The van der Waals surface area contributed by atoms with Gasteiger partial charge in [0, 0.05) is 37.3 Å². The second-order valence-corrected chi connectivity index (χ2v) is 8.06. The second-order valence-electron chi connectivity index (χ2n) is 8.06. The van der Waals surface area contributed by atoms with Crippen molar-refractivity contribution in [1.82, 2.24) is 15.1 Å². The van der Waals surface area contributed by atoms with Gasteiger partial charge in [-0.15, -0.1) is 5.92 Å². The van der Waals surface area contributed by atoms with Gasteiger partial charge >= 0.3 is 5.97 Å². The molecule has 0 bridgehead atoms. The van der Waals surface area contributed by atoms with Crippen molar-refractivity contribution in [3.8, 4) is 17.6 Å². The van der Waals surface area contributed by atoms with Crippen LogP contribution in [0.5, 0.6) is 5.75 Å². The minimum absolute atomic E-state index is 0.00718. The lowest BCUT2D eigenvalue weighted by Gasteiger charge is -2.26. The first-order valence-electron chi connectivity index (χ1n) is 10.8. The number of hydrogen-bond donors (Lipinski definition) is 2. The number of fused-ring (bicyclic) bond motifs is 1. The van der Waals surface area contributed by atoms with Crippen LogP contribution in [0.25, 0.3) is 0 Å². The van der Waals surface area contributed by atoms with Gasteiger partial charge in [-0.05, 0) is 35.7 Å². The molecule has 32 heavy (non-hydrogen) atoms. The van der Waals surface area contributed by atoms with E-state index in [1.54, 1.807) is 6.92 Å². The molecule has 164 valence electrons. The molecule has 0 spiro atoms. The molecule has 1 unspecified atom stereocenters. The number of carboxylic acids is 1. The van der Waals surface area contributed by atoms with Crippen molar-refractivity contribution in [3.05, 3.63) is 82.7 Å². The average Bonchev–Trinajstić information content (AvgIpc) is 3.26. The molecular formula is C26H27N3O3. The smallest absolute Gasteiger partial charge is 0.304 e. The molecule has 0 fully saturated rings. The lowest BCUT2D eigenvalue weighted by molar-refractivity contribution is -0.137.